The van der Waals surface area contributed by atoms with Crippen molar-refractivity contribution in [1.29, 1.82) is 0 Å². The molecule has 2 N–H and O–H groups in total. The first-order chi connectivity index (χ1) is 14.1. The van der Waals surface area contributed by atoms with Crippen LogP contribution in [0.4, 0.5) is 0 Å². The smallest absolute Gasteiger partial charge is 0.192 e. The summed E-state index contributed by atoms with van der Waals surface area (Å²) < 4.78 is 13.1. The summed E-state index contributed by atoms with van der Waals surface area (Å²) in [6.07, 6.45) is 2.14. The third-order valence-electron chi connectivity index (χ3n) is 5.07. The molecule has 1 aliphatic heterocycles. The van der Waals surface area contributed by atoms with Gasteiger partial charge < -0.3 is 24.7 Å². The predicted octanol–water partition coefficient (Wildman–Crippen LogP) is 2.12. The maximum Gasteiger partial charge on any atom is 0.192 e. The second-order valence-corrected chi connectivity index (χ2v) is 7.30. The van der Waals surface area contributed by atoms with Crippen molar-refractivity contribution in [1.82, 2.24) is 25.4 Å². The van der Waals surface area contributed by atoms with Crippen LogP contribution in [0.2, 0.25) is 0 Å². The van der Waals surface area contributed by atoms with E-state index < -0.39 is 0 Å². The van der Waals surface area contributed by atoms with E-state index in [1.165, 1.54) is 5.56 Å². The molecule has 1 aromatic heterocycles. The van der Waals surface area contributed by atoms with Gasteiger partial charge in [-0.1, -0.05) is 30.3 Å². The first-order valence-corrected chi connectivity index (χ1v) is 10.3. The van der Waals surface area contributed by atoms with Crippen LogP contribution in [0.1, 0.15) is 43.0 Å². The lowest BCUT2D eigenvalue weighted by Crippen LogP contribution is -2.39. The second kappa shape index (κ2) is 10.9. The SMILES string of the molecule is Cc1nnc(CN=C(NCCCOC2CCOC2)NC(C)c2ccccc2)n1C. The molecule has 1 aliphatic rings. The minimum Gasteiger partial charge on any atom is -0.379 e. The largest absolute Gasteiger partial charge is 0.379 e. The van der Waals surface area contributed by atoms with Crippen LogP contribution >= 0.6 is 0 Å². The van der Waals surface area contributed by atoms with E-state index in [4.69, 9.17) is 14.5 Å². The summed E-state index contributed by atoms with van der Waals surface area (Å²) in [6, 6.07) is 10.5. The molecule has 1 saturated heterocycles. The highest BCUT2D eigenvalue weighted by atomic mass is 16.5. The first-order valence-electron chi connectivity index (χ1n) is 10.3. The third kappa shape index (κ3) is 6.54. The lowest BCUT2D eigenvalue weighted by Gasteiger charge is -2.19. The molecule has 2 atom stereocenters. The van der Waals surface area contributed by atoms with Crippen molar-refractivity contribution in [2.24, 2.45) is 12.0 Å². The van der Waals surface area contributed by atoms with Crippen molar-refractivity contribution >= 4 is 5.96 Å². The molecule has 8 heteroatoms. The van der Waals surface area contributed by atoms with Crippen LogP contribution in [0.15, 0.2) is 35.3 Å². The molecule has 1 fully saturated rings. The lowest BCUT2D eigenvalue weighted by atomic mass is 10.1. The number of benzene rings is 1. The van der Waals surface area contributed by atoms with Gasteiger partial charge in [0.2, 0.25) is 0 Å². The van der Waals surface area contributed by atoms with Gasteiger partial charge in [0, 0.05) is 26.8 Å². The molecule has 0 spiro atoms. The summed E-state index contributed by atoms with van der Waals surface area (Å²) in [4.78, 5) is 4.72. The van der Waals surface area contributed by atoms with Crippen molar-refractivity contribution in [2.75, 3.05) is 26.4 Å². The summed E-state index contributed by atoms with van der Waals surface area (Å²) in [6.45, 7) is 7.54. The van der Waals surface area contributed by atoms with Crippen LogP contribution in [0.5, 0.6) is 0 Å². The molecule has 0 bridgehead atoms. The summed E-state index contributed by atoms with van der Waals surface area (Å²) >= 11 is 0. The third-order valence-corrected chi connectivity index (χ3v) is 5.07. The van der Waals surface area contributed by atoms with Crippen molar-refractivity contribution < 1.29 is 9.47 Å². The molecule has 2 unspecified atom stereocenters. The van der Waals surface area contributed by atoms with E-state index in [9.17, 15) is 0 Å². The Kier molecular flexibility index (Phi) is 8.01. The van der Waals surface area contributed by atoms with Gasteiger partial charge in [-0.2, -0.15) is 0 Å². The number of aliphatic imine (C=N–C) groups is 1. The number of ether oxygens (including phenoxy) is 2. The minimum atomic E-state index is 0.135. The van der Waals surface area contributed by atoms with Gasteiger partial charge in [-0.15, -0.1) is 10.2 Å². The average Bonchev–Trinajstić information content (AvgIpc) is 3.37. The highest BCUT2D eigenvalue weighted by Gasteiger charge is 2.15. The summed E-state index contributed by atoms with van der Waals surface area (Å²) in [7, 11) is 1.96. The van der Waals surface area contributed by atoms with Gasteiger partial charge in [0.15, 0.2) is 11.8 Å². The van der Waals surface area contributed by atoms with Crippen LogP contribution in [0.25, 0.3) is 0 Å². The fourth-order valence-electron chi connectivity index (χ4n) is 3.09. The molecule has 0 radical (unpaired) electrons. The fourth-order valence-corrected chi connectivity index (χ4v) is 3.09. The zero-order chi connectivity index (χ0) is 20.5. The van der Waals surface area contributed by atoms with Crippen LogP contribution in [0.3, 0.4) is 0 Å². The molecule has 2 heterocycles. The number of hydrogen-bond donors (Lipinski definition) is 2. The number of aromatic nitrogens is 3. The van der Waals surface area contributed by atoms with Gasteiger partial charge in [0.1, 0.15) is 12.4 Å². The maximum absolute atomic E-state index is 5.84. The quantitative estimate of drug-likeness (QED) is 0.381. The highest BCUT2D eigenvalue weighted by molar-refractivity contribution is 5.80. The van der Waals surface area contributed by atoms with Crippen LogP contribution in [-0.2, 0) is 23.1 Å². The Morgan fingerprint density at radius 1 is 1.34 bits per heavy atom. The molecule has 158 valence electrons. The molecule has 8 nitrogen and oxygen atoms in total. The molecule has 0 saturated carbocycles. The molecule has 1 aromatic carbocycles. The molecule has 2 aromatic rings. The summed E-state index contributed by atoms with van der Waals surface area (Å²) in [5.41, 5.74) is 1.21. The van der Waals surface area contributed by atoms with Crippen molar-refractivity contribution in [3.63, 3.8) is 0 Å². The fraction of sp³-hybridized carbons (Fsp3) is 0.571. The van der Waals surface area contributed by atoms with Crippen LogP contribution in [-0.4, -0.2) is 53.2 Å². The molecular weight excluding hydrogens is 368 g/mol. The van der Waals surface area contributed by atoms with Gasteiger partial charge >= 0.3 is 0 Å². The Hall–Kier alpha value is -2.45. The zero-order valence-electron chi connectivity index (χ0n) is 17.6. The van der Waals surface area contributed by atoms with E-state index >= 15 is 0 Å². The Bertz CT molecular complexity index is 771. The number of guanidine groups is 1. The van der Waals surface area contributed by atoms with E-state index in [2.05, 4.69) is 39.9 Å². The van der Waals surface area contributed by atoms with E-state index in [0.717, 1.165) is 43.6 Å². The monoisotopic (exact) mass is 400 g/mol. The molecular formula is C21H32N6O2. The van der Waals surface area contributed by atoms with Crippen molar-refractivity contribution in [2.45, 2.75) is 45.4 Å². The lowest BCUT2D eigenvalue weighted by molar-refractivity contribution is 0.0420. The zero-order valence-corrected chi connectivity index (χ0v) is 17.6. The molecule has 29 heavy (non-hydrogen) atoms. The Morgan fingerprint density at radius 2 is 2.17 bits per heavy atom. The summed E-state index contributed by atoms with van der Waals surface area (Å²) in [5.74, 6) is 2.47. The topological polar surface area (TPSA) is 85.6 Å². The molecule has 3 rings (SSSR count). The van der Waals surface area contributed by atoms with E-state index in [1.54, 1.807) is 0 Å². The normalized spacial score (nSPS) is 18.0. The number of nitrogens with one attached hydrogen (secondary N) is 2. The Morgan fingerprint density at radius 3 is 2.86 bits per heavy atom. The standard InChI is InChI=1S/C21H32N6O2/c1-16(18-8-5-4-6-9-18)24-21(23-14-20-26-25-17(2)27(20)3)22-11-7-12-29-19-10-13-28-15-19/h4-6,8-9,16,19H,7,10-15H2,1-3H3,(H2,22,23,24). The minimum absolute atomic E-state index is 0.135. The maximum atomic E-state index is 5.84. The number of hydrogen-bond acceptors (Lipinski definition) is 5. The molecule has 0 aliphatic carbocycles. The van der Waals surface area contributed by atoms with Crippen molar-refractivity contribution in [3.05, 3.63) is 47.5 Å². The van der Waals surface area contributed by atoms with Crippen LogP contribution < -0.4 is 10.6 Å². The van der Waals surface area contributed by atoms with Gasteiger partial charge in [-0.3, -0.25) is 0 Å². The Balaban J connectivity index is 1.54. The average molecular weight is 401 g/mol. The molecule has 0 amide bonds. The predicted molar refractivity (Wildman–Crippen MR) is 113 cm³/mol. The van der Waals surface area contributed by atoms with Gasteiger partial charge in [-0.25, -0.2) is 4.99 Å². The van der Waals surface area contributed by atoms with Gasteiger partial charge in [0.05, 0.1) is 18.8 Å². The van der Waals surface area contributed by atoms with Gasteiger partial charge in [-0.05, 0) is 32.3 Å². The number of nitrogens with zero attached hydrogens (tertiary/aromatic N) is 4. The van der Waals surface area contributed by atoms with E-state index in [-0.39, 0.29) is 12.1 Å². The van der Waals surface area contributed by atoms with E-state index in [1.807, 2.05) is 36.7 Å². The second-order valence-electron chi connectivity index (χ2n) is 7.30. The summed E-state index contributed by atoms with van der Waals surface area (Å²) in [5, 5.41) is 15.2. The number of rotatable bonds is 9. The van der Waals surface area contributed by atoms with Crippen LogP contribution in [0, 0.1) is 6.92 Å². The highest BCUT2D eigenvalue weighted by Crippen LogP contribution is 2.11. The Labute approximate surface area is 172 Å². The number of aryl methyl sites for hydroxylation is 1. The van der Waals surface area contributed by atoms with E-state index in [0.29, 0.717) is 19.8 Å². The first kappa shape index (κ1) is 21.3. The van der Waals surface area contributed by atoms with Crippen molar-refractivity contribution in [3.8, 4) is 0 Å². The van der Waals surface area contributed by atoms with Gasteiger partial charge in [0.25, 0.3) is 0 Å².